The Morgan fingerprint density at radius 2 is 1.79 bits per heavy atom. The van der Waals surface area contributed by atoms with E-state index < -0.39 is 16.5 Å². The Hall–Kier alpha value is 0.610. The maximum Gasteiger partial charge on any atom is 1.00 e. The zero-order valence-electron chi connectivity index (χ0n) is 21.9. The Kier molecular flexibility index (Phi) is 9.00. The molecular weight excluding hydrogens is 443 g/mol. The monoisotopic (exact) mass is 488 g/mol. The number of allylic oxidation sites excluding steroid dienone is 1. The van der Waals surface area contributed by atoms with Gasteiger partial charge in [-0.05, 0) is 97.7 Å². The topological polar surface area (TPSA) is 66.4 Å². The molecule has 4 rings (SSSR count). The van der Waals surface area contributed by atoms with Gasteiger partial charge in [0.05, 0.1) is 6.10 Å². The minimum Gasteiger partial charge on any atom is -0.726 e. The second-order valence-electron chi connectivity index (χ2n) is 12.7. The molecule has 0 bridgehead atoms. The van der Waals surface area contributed by atoms with E-state index in [0.717, 1.165) is 42.4 Å². The molecule has 8 atom stereocenters. The average Bonchev–Trinajstić information content (AvgIpc) is 3.04. The zero-order valence-corrected chi connectivity index (χ0v) is 24.8. The molecule has 3 saturated carbocycles. The first-order valence-corrected chi connectivity index (χ1v) is 14.6. The molecule has 4 aliphatic carbocycles. The van der Waals surface area contributed by atoms with Crippen LogP contribution in [0.1, 0.15) is 105 Å². The third kappa shape index (κ3) is 5.64. The molecule has 0 N–H and O–H groups in total. The fraction of sp³-hybridized carbons (Fsp3) is 0.926. The van der Waals surface area contributed by atoms with Crippen molar-refractivity contribution in [1.82, 2.24) is 0 Å². The SMILES string of the molecule is CC(C)CCC[C@@H](C)[C@H]1CC[C@@H]2[C@H]3CC=C4C[C@@H](OS(=O)(=O)[O-])CC[C@]4(C)[C@H]3CC[C@@]21C.[Na+]. The van der Waals surface area contributed by atoms with Gasteiger partial charge in [-0.15, -0.1) is 0 Å². The molecule has 0 aliphatic heterocycles. The molecule has 0 amide bonds. The third-order valence-corrected chi connectivity index (χ3v) is 11.0. The molecule has 3 fully saturated rings. The molecule has 0 aromatic carbocycles. The summed E-state index contributed by atoms with van der Waals surface area (Å²) in [5, 5.41) is 0. The summed E-state index contributed by atoms with van der Waals surface area (Å²) in [5.74, 6) is 4.78. The summed E-state index contributed by atoms with van der Waals surface area (Å²) in [6, 6.07) is 0. The molecule has 33 heavy (non-hydrogen) atoms. The molecule has 4 aliphatic rings. The molecule has 0 heterocycles. The number of hydrogen-bond acceptors (Lipinski definition) is 4. The molecule has 0 aromatic rings. The fourth-order valence-corrected chi connectivity index (χ4v) is 9.40. The maximum atomic E-state index is 11.1. The Balaban J connectivity index is 0.00000306. The van der Waals surface area contributed by atoms with Gasteiger partial charge in [0.1, 0.15) is 0 Å². The Morgan fingerprint density at radius 1 is 1.06 bits per heavy atom. The van der Waals surface area contributed by atoms with E-state index in [1.165, 1.54) is 50.5 Å². The van der Waals surface area contributed by atoms with Crippen molar-refractivity contribution >= 4 is 10.4 Å². The Morgan fingerprint density at radius 3 is 2.45 bits per heavy atom. The summed E-state index contributed by atoms with van der Waals surface area (Å²) in [5.41, 5.74) is 1.99. The van der Waals surface area contributed by atoms with Crippen LogP contribution in [-0.4, -0.2) is 19.1 Å². The molecule has 0 spiro atoms. The Bertz CT molecular complexity index is 824. The van der Waals surface area contributed by atoms with E-state index in [0.29, 0.717) is 24.2 Å². The summed E-state index contributed by atoms with van der Waals surface area (Å²) >= 11 is 0. The van der Waals surface area contributed by atoms with E-state index in [1.807, 2.05) is 0 Å². The predicted octanol–water partition coefficient (Wildman–Crippen LogP) is 3.88. The van der Waals surface area contributed by atoms with Gasteiger partial charge in [0.2, 0.25) is 10.4 Å². The van der Waals surface area contributed by atoms with Gasteiger partial charge >= 0.3 is 29.6 Å². The average molecular weight is 489 g/mol. The molecule has 6 heteroatoms. The van der Waals surface area contributed by atoms with Crippen LogP contribution in [0.3, 0.4) is 0 Å². The summed E-state index contributed by atoms with van der Waals surface area (Å²) in [7, 11) is -4.63. The molecule has 184 valence electrons. The molecule has 0 aromatic heterocycles. The standard InChI is InChI=1S/C27H46O4S.Na/c1-18(2)7-6-8-19(3)23-11-12-24-22-10-9-20-17-21(31-32(28,29)30)13-15-26(20,4)25(22)14-16-27(23,24)5;/h9,18-19,21-25H,6-8,10-17H2,1-5H3,(H,28,29,30);/q;+1/p-1/t19-,21+,22-,23-,24-,25+,26+,27-;/m1./s1. The second kappa shape index (κ2) is 10.5. The van der Waals surface area contributed by atoms with E-state index in [-0.39, 0.29) is 35.0 Å². The maximum absolute atomic E-state index is 11.1. The van der Waals surface area contributed by atoms with Crippen LogP contribution < -0.4 is 29.6 Å². The third-order valence-electron chi connectivity index (χ3n) is 10.5. The molecule has 0 saturated heterocycles. The van der Waals surface area contributed by atoms with Crippen LogP contribution in [0, 0.1) is 46.3 Å². The summed E-state index contributed by atoms with van der Waals surface area (Å²) in [6.45, 7) is 12.2. The van der Waals surface area contributed by atoms with Crippen molar-refractivity contribution in [1.29, 1.82) is 0 Å². The van der Waals surface area contributed by atoms with Crippen LogP contribution in [0.15, 0.2) is 11.6 Å². The predicted molar refractivity (Wildman–Crippen MR) is 128 cm³/mol. The fourth-order valence-electron chi connectivity index (χ4n) is 8.90. The van der Waals surface area contributed by atoms with E-state index in [4.69, 9.17) is 4.18 Å². The molecule has 0 unspecified atom stereocenters. The van der Waals surface area contributed by atoms with Gasteiger partial charge in [0, 0.05) is 0 Å². The summed E-state index contributed by atoms with van der Waals surface area (Å²) in [6.07, 6.45) is 14.8. The first kappa shape index (κ1) is 28.2. The molecule has 0 radical (unpaired) electrons. The minimum atomic E-state index is -4.63. The van der Waals surface area contributed by atoms with Crippen molar-refractivity contribution in [3.8, 4) is 0 Å². The van der Waals surface area contributed by atoms with Crippen molar-refractivity contribution in [2.45, 2.75) is 111 Å². The van der Waals surface area contributed by atoms with Crippen LogP contribution in [0.25, 0.3) is 0 Å². The normalized spacial score (nSPS) is 41.4. The van der Waals surface area contributed by atoms with Crippen molar-refractivity contribution in [3.05, 3.63) is 11.6 Å². The van der Waals surface area contributed by atoms with Crippen molar-refractivity contribution < 1.29 is 46.7 Å². The number of rotatable bonds is 7. The minimum absolute atomic E-state index is 0. The van der Waals surface area contributed by atoms with Gasteiger partial charge in [-0.1, -0.05) is 65.5 Å². The van der Waals surface area contributed by atoms with Crippen LogP contribution in [0.2, 0.25) is 0 Å². The van der Waals surface area contributed by atoms with Gasteiger partial charge in [-0.3, -0.25) is 4.18 Å². The van der Waals surface area contributed by atoms with Gasteiger partial charge in [0.15, 0.2) is 0 Å². The first-order valence-electron chi connectivity index (χ1n) is 13.3. The van der Waals surface area contributed by atoms with Crippen molar-refractivity contribution in [2.75, 3.05) is 0 Å². The molecule has 4 nitrogen and oxygen atoms in total. The second-order valence-corrected chi connectivity index (χ2v) is 13.7. The number of hydrogen-bond donors (Lipinski definition) is 0. The van der Waals surface area contributed by atoms with E-state index in [9.17, 15) is 13.0 Å². The zero-order chi connectivity index (χ0) is 23.3. The van der Waals surface area contributed by atoms with Crippen LogP contribution in [0.4, 0.5) is 0 Å². The van der Waals surface area contributed by atoms with Crippen molar-refractivity contribution in [2.24, 2.45) is 46.3 Å². The van der Waals surface area contributed by atoms with E-state index in [2.05, 4.69) is 40.7 Å². The number of fused-ring (bicyclic) bond motifs is 5. The first-order chi connectivity index (χ1) is 14.9. The quantitative estimate of drug-likeness (QED) is 0.236. The van der Waals surface area contributed by atoms with Gasteiger partial charge in [-0.2, -0.15) is 0 Å². The van der Waals surface area contributed by atoms with Gasteiger partial charge in [-0.25, -0.2) is 8.42 Å². The van der Waals surface area contributed by atoms with Crippen LogP contribution in [-0.2, 0) is 14.6 Å². The van der Waals surface area contributed by atoms with Crippen LogP contribution >= 0.6 is 0 Å². The van der Waals surface area contributed by atoms with Crippen molar-refractivity contribution in [3.63, 3.8) is 0 Å². The van der Waals surface area contributed by atoms with E-state index in [1.54, 1.807) is 0 Å². The smallest absolute Gasteiger partial charge is 0.726 e. The van der Waals surface area contributed by atoms with Crippen LogP contribution in [0.5, 0.6) is 0 Å². The van der Waals surface area contributed by atoms with Gasteiger partial charge < -0.3 is 4.55 Å². The largest absolute Gasteiger partial charge is 1.00 e. The Labute approximate surface area is 225 Å². The molecular formula is C27H45NaO4S. The van der Waals surface area contributed by atoms with E-state index >= 15 is 0 Å². The van der Waals surface area contributed by atoms with Gasteiger partial charge in [0.25, 0.3) is 0 Å². The summed E-state index contributed by atoms with van der Waals surface area (Å²) < 4.78 is 38.2. The summed E-state index contributed by atoms with van der Waals surface area (Å²) in [4.78, 5) is 0.